The molecule has 1 aromatic heterocycles. The summed E-state index contributed by atoms with van der Waals surface area (Å²) in [6, 6.07) is 10.9. The second kappa shape index (κ2) is 7.69. The molecule has 1 unspecified atom stereocenters. The van der Waals surface area contributed by atoms with Crippen LogP contribution in [0.5, 0.6) is 11.6 Å². The molecule has 0 spiro atoms. The van der Waals surface area contributed by atoms with E-state index in [1.54, 1.807) is 12.1 Å². The first-order chi connectivity index (χ1) is 13.1. The van der Waals surface area contributed by atoms with Crippen molar-refractivity contribution < 1.29 is 9.53 Å². The number of rotatable bonds is 5. The van der Waals surface area contributed by atoms with Crippen molar-refractivity contribution in [2.75, 3.05) is 7.05 Å². The third-order valence-corrected chi connectivity index (χ3v) is 6.06. The van der Waals surface area contributed by atoms with Gasteiger partial charge in [0.05, 0.1) is 5.56 Å². The van der Waals surface area contributed by atoms with Gasteiger partial charge >= 0.3 is 0 Å². The number of ether oxygens (including phenoxy) is 1. The van der Waals surface area contributed by atoms with Crippen LogP contribution in [0.25, 0.3) is 0 Å². The van der Waals surface area contributed by atoms with Crippen molar-refractivity contribution >= 4 is 5.91 Å². The van der Waals surface area contributed by atoms with Crippen molar-refractivity contribution in [3.8, 4) is 11.6 Å². The average Bonchev–Trinajstić information content (AvgIpc) is 3.12. The summed E-state index contributed by atoms with van der Waals surface area (Å²) in [7, 11) is 2.30. The van der Waals surface area contributed by atoms with Crippen LogP contribution >= 0.6 is 0 Å². The zero-order valence-corrected chi connectivity index (χ0v) is 15.9. The summed E-state index contributed by atoms with van der Waals surface area (Å²) in [5.41, 5.74) is 8.42. The molecule has 27 heavy (non-hydrogen) atoms. The number of pyridine rings is 1. The third-order valence-electron chi connectivity index (χ3n) is 6.06. The Labute approximate surface area is 160 Å². The van der Waals surface area contributed by atoms with Gasteiger partial charge in [-0.3, -0.25) is 9.69 Å². The van der Waals surface area contributed by atoms with Crippen molar-refractivity contribution in [1.29, 1.82) is 0 Å². The van der Waals surface area contributed by atoms with Gasteiger partial charge in [0.1, 0.15) is 5.75 Å². The van der Waals surface area contributed by atoms with Crippen molar-refractivity contribution in [2.24, 2.45) is 5.73 Å². The van der Waals surface area contributed by atoms with E-state index in [4.69, 9.17) is 10.5 Å². The SMILES string of the molecule is CN(C1CCCCC1)C1Cc2ccc(Oc3ccc(C(N)=O)cn3)cc2C1. The Morgan fingerprint density at radius 1 is 1.07 bits per heavy atom. The Hall–Kier alpha value is -2.40. The highest BCUT2D eigenvalue weighted by atomic mass is 16.5. The lowest BCUT2D eigenvalue weighted by atomic mass is 9.93. The molecule has 1 saturated carbocycles. The smallest absolute Gasteiger partial charge is 0.250 e. The molecule has 0 radical (unpaired) electrons. The Morgan fingerprint density at radius 3 is 2.56 bits per heavy atom. The molecule has 1 fully saturated rings. The van der Waals surface area contributed by atoms with Crippen molar-refractivity contribution in [2.45, 2.75) is 57.0 Å². The molecule has 0 saturated heterocycles. The highest BCUT2D eigenvalue weighted by Gasteiger charge is 2.29. The highest BCUT2D eigenvalue weighted by Crippen LogP contribution is 2.33. The fourth-order valence-electron chi connectivity index (χ4n) is 4.42. The molecule has 0 bridgehead atoms. The van der Waals surface area contributed by atoms with Gasteiger partial charge in [-0.25, -0.2) is 4.98 Å². The molecule has 5 heteroatoms. The quantitative estimate of drug-likeness (QED) is 0.877. The zero-order chi connectivity index (χ0) is 18.8. The number of hydrogen-bond donors (Lipinski definition) is 1. The van der Waals surface area contributed by atoms with Crippen LogP contribution in [0.15, 0.2) is 36.5 Å². The lowest BCUT2D eigenvalue weighted by molar-refractivity contribution is 0.1000. The number of nitrogens with zero attached hydrogens (tertiary/aromatic N) is 2. The van der Waals surface area contributed by atoms with Gasteiger partial charge in [-0.15, -0.1) is 0 Å². The first-order valence-electron chi connectivity index (χ1n) is 9.87. The minimum atomic E-state index is -0.486. The minimum absolute atomic E-state index is 0.380. The fraction of sp³-hybridized carbons (Fsp3) is 0.455. The van der Waals surface area contributed by atoms with Crippen LogP contribution in [-0.4, -0.2) is 34.9 Å². The second-order valence-corrected chi connectivity index (χ2v) is 7.80. The summed E-state index contributed by atoms with van der Waals surface area (Å²) < 4.78 is 5.87. The second-order valence-electron chi connectivity index (χ2n) is 7.80. The van der Waals surface area contributed by atoms with Crippen LogP contribution in [0.2, 0.25) is 0 Å². The highest BCUT2D eigenvalue weighted by molar-refractivity contribution is 5.92. The molecule has 2 aromatic rings. The first-order valence-corrected chi connectivity index (χ1v) is 9.87. The number of carbonyl (C=O) groups excluding carboxylic acids is 1. The number of likely N-dealkylation sites (N-methyl/N-ethyl adjacent to an activating group) is 1. The Morgan fingerprint density at radius 2 is 1.85 bits per heavy atom. The third kappa shape index (κ3) is 3.98. The number of benzene rings is 1. The standard InChI is InChI=1S/C22H27N3O2/c1-25(18-5-3-2-4-6-18)19-11-15-7-9-20(13-17(15)12-19)27-21-10-8-16(14-24-21)22(23)26/h7-10,13-14,18-19H,2-6,11-12H2,1H3,(H2,23,26). The molecule has 1 atom stereocenters. The normalized spacial score (nSPS) is 19.9. The first kappa shape index (κ1) is 18.0. The summed E-state index contributed by atoms with van der Waals surface area (Å²) in [5.74, 6) is 0.766. The van der Waals surface area contributed by atoms with Crippen LogP contribution in [-0.2, 0) is 12.8 Å². The minimum Gasteiger partial charge on any atom is -0.439 e. The molecule has 4 rings (SSSR count). The van der Waals surface area contributed by atoms with Gasteiger partial charge in [0.15, 0.2) is 0 Å². The summed E-state index contributed by atoms with van der Waals surface area (Å²) in [6.45, 7) is 0. The maximum Gasteiger partial charge on any atom is 0.250 e. The lowest BCUT2D eigenvalue weighted by Crippen LogP contribution is -2.41. The van der Waals surface area contributed by atoms with E-state index >= 15 is 0 Å². The van der Waals surface area contributed by atoms with Gasteiger partial charge < -0.3 is 10.5 Å². The summed E-state index contributed by atoms with van der Waals surface area (Å²) >= 11 is 0. The molecule has 2 aliphatic rings. The van der Waals surface area contributed by atoms with Crippen LogP contribution < -0.4 is 10.5 Å². The van der Waals surface area contributed by atoms with Gasteiger partial charge in [0.25, 0.3) is 0 Å². The topological polar surface area (TPSA) is 68.5 Å². The van der Waals surface area contributed by atoms with Gasteiger partial charge in [-0.2, -0.15) is 0 Å². The fourth-order valence-corrected chi connectivity index (χ4v) is 4.42. The van der Waals surface area contributed by atoms with Crippen LogP contribution in [0, 0.1) is 0 Å². The molecule has 5 nitrogen and oxygen atoms in total. The molecule has 1 heterocycles. The van der Waals surface area contributed by atoms with Crippen molar-refractivity contribution in [3.05, 3.63) is 53.2 Å². The number of primary amides is 1. The van der Waals surface area contributed by atoms with E-state index < -0.39 is 5.91 Å². The number of fused-ring (bicyclic) bond motifs is 1. The van der Waals surface area contributed by atoms with Crippen LogP contribution in [0.3, 0.4) is 0 Å². The monoisotopic (exact) mass is 365 g/mol. The molecule has 2 aliphatic carbocycles. The average molecular weight is 365 g/mol. The Balaban J connectivity index is 1.42. The number of carbonyl (C=O) groups is 1. The Bertz CT molecular complexity index is 813. The van der Waals surface area contributed by atoms with Gasteiger partial charge in [0.2, 0.25) is 11.8 Å². The molecule has 1 amide bonds. The van der Waals surface area contributed by atoms with Crippen molar-refractivity contribution in [3.63, 3.8) is 0 Å². The van der Waals surface area contributed by atoms with Gasteiger partial charge in [-0.1, -0.05) is 25.3 Å². The zero-order valence-electron chi connectivity index (χ0n) is 15.9. The van der Waals surface area contributed by atoms with Gasteiger partial charge in [-0.05, 0) is 62.1 Å². The number of nitrogens with two attached hydrogens (primary N) is 1. The van der Waals surface area contributed by atoms with E-state index in [0.29, 0.717) is 17.5 Å². The van der Waals surface area contributed by atoms with Crippen molar-refractivity contribution in [1.82, 2.24) is 9.88 Å². The van der Waals surface area contributed by atoms with Gasteiger partial charge in [0, 0.05) is 24.3 Å². The number of aromatic nitrogens is 1. The number of hydrogen-bond acceptors (Lipinski definition) is 4. The predicted molar refractivity (Wildman–Crippen MR) is 105 cm³/mol. The molecular formula is C22H27N3O2. The summed E-state index contributed by atoms with van der Waals surface area (Å²) in [6.07, 6.45) is 10.4. The lowest BCUT2D eigenvalue weighted by Gasteiger charge is -2.35. The van der Waals surface area contributed by atoms with E-state index in [2.05, 4.69) is 29.1 Å². The molecule has 1 aromatic carbocycles. The van der Waals surface area contributed by atoms with E-state index in [0.717, 1.165) is 24.6 Å². The Kier molecular flexibility index (Phi) is 5.12. The van der Waals surface area contributed by atoms with Crippen LogP contribution in [0.1, 0.15) is 53.6 Å². The maximum absolute atomic E-state index is 11.1. The predicted octanol–water partition coefficient (Wildman–Crippen LogP) is 3.70. The largest absolute Gasteiger partial charge is 0.439 e. The van der Waals surface area contributed by atoms with E-state index in [1.807, 2.05) is 6.07 Å². The molecular weight excluding hydrogens is 338 g/mol. The summed E-state index contributed by atoms with van der Waals surface area (Å²) in [5, 5.41) is 0. The summed E-state index contributed by atoms with van der Waals surface area (Å²) in [4.78, 5) is 17.9. The van der Waals surface area contributed by atoms with E-state index in [-0.39, 0.29) is 0 Å². The molecule has 142 valence electrons. The molecule has 2 N–H and O–H groups in total. The van der Waals surface area contributed by atoms with E-state index in [1.165, 1.54) is 49.4 Å². The van der Waals surface area contributed by atoms with E-state index in [9.17, 15) is 4.79 Å². The van der Waals surface area contributed by atoms with Crippen LogP contribution in [0.4, 0.5) is 0 Å². The molecule has 0 aliphatic heterocycles. The maximum atomic E-state index is 11.1. The number of amides is 1.